The predicted octanol–water partition coefficient (Wildman–Crippen LogP) is 4.82. The van der Waals surface area contributed by atoms with Gasteiger partial charge in [0.1, 0.15) is 17.6 Å². The van der Waals surface area contributed by atoms with Gasteiger partial charge in [0.05, 0.1) is 31.5 Å². The fourth-order valence-electron chi connectivity index (χ4n) is 4.45. The van der Waals surface area contributed by atoms with Crippen LogP contribution in [-0.2, 0) is 27.2 Å². The number of carbonyl (C=O) groups excluding carboxylic acids is 3. The Hall–Kier alpha value is -4.80. The number of rotatable bonds is 13. The molecule has 2 aromatic carbocycles. The van der Waals surface area contributed by atoms with E-state index in [1.54, 1.807) is 24.3 Å². The van der Waals surface area contributed by atoms with Gasteiger partial charge in [-0.25, -0.2) is 9.59 Å². The van der Waals surface area contributed by atoms with Crippen LogP contribution in [0.5, 0.6) is 5.75 Å². The molecule has 0 aliphatic carbocycles. The van der Waals surface area contributed by atoms with Crippen LogP contribution < -0.4 is 26.0 Å². The van der Waals surface area contributed by atoms with Crippen molar-refractivity contribution < 1.29 is 33.4 Å². The molecule has 5 N–H and O–H groups in total. The number of carbonyl (C=O) groups is 4. The summed E-state index contributed by atoms with van der Waals surface area (Å²) in [5, 5.41) is 20.4. The molecule has 42 heavy (non-hydrogen) atoms. The van der Waals surface area contributed by atoms with Gasteiger partial charge < -0.3 is 35.5 Å². The van der Waals surface area contributed by atoms with Gasteiger partial charge in [-0.05, 0) is 54.7 Å². The van der Waals surface area contributed by atoms with Gasteiger partial charge in [0, 0.05) is 24.6 Å². The molecule has 0 aliphatic heterocycles. The standard InChI is InChI=1S/C31H38N4O7/c1-18(2)12-26(22-15-23(42-17-22)16-27(30(38)39)32-20(4)36)33-29(37)14-21-10-11-25(28(13-21)41-5)35-31(40)34-24-9-7-6-8-19(24)3/h6-11,13,15,17-18,26-27H,12,14,16H2,1-5H3,(H,32,36)(H,33,37)(H,38,39)(H2,34,35,40). The largest absolute Gasteiger partial charge is 0.495 e. The number of aryl methyl sites for hydroxylation is 1. The second-order valence-electron chi connectivity index (χ2n) is 10.5. The first-order valence-corrected chi connectivity index (χ1v) is 13.6. The Balaban J connectivity index is 1.67. The number of urea groups is 1. The first kappa shape index (κ1) is 31.7. The molecule has 3 aromatic rings. The topological polar surface area (TPSA) is 159 Å². The van der Waals surface area contributed by atoms with Gasteiger partial charge >= 0.3 is 12.0 Å². The lowest BCUT2D eigenvalue weighted by Crippen LogP contribution is -2.41. The van der Waals surface area contributed by atoms with Crippen molar-refractivity contribution in [1.82, 2.24) is 10.6 Å². The molecule has 0 fully saturated rings. The molecule has 11 nitrogen and oxygen atoms in total. The fraction of sp³-hybridized carbons (Fsp3) is 0.355. The highest BCUT2D eigenvalue weighted by atomic mass is 16.5. The average Bonchev–Trinajstić information content (AvgIpc) is 3.38. The smallest absolute Gasteiger partial charge is 0.326 e. The summed E-state index contributed by atoms with van der Waals surface area (Å²) in [5.41, 5.74) is 3.46. The molecule has 0 radical (unpaired) electrons. The van der Waals surface area contributed by atoms with Gasteiger partial charge in [-0.15, -0.1) is 0 Å². The fourth-order valence-corrected chi connectivity index (χ4v) is 4.45. The third-order valence-electron chi connectivity index (χ3n) is 6.47. The summed E-state index contributed by atoms with van der Waals surface area (Å²) in [6.07, 6.45) is 2.16. The Kier molecular flexibility index (Phi) is 11.1. The lowest BCUT2D eigenvalue weighted by atomic mass is 9.98. The molecule has 0 aliphatic rings. The Bertz CT molecular complexity index is 1420. The van der Waals surface area contributed by atoms with Gasteiger partial charge in [0.15, 0.2) is 0 Å². The second kappa shape index (κ2) is 14.7. The molecule has 1 heterocycles. The van der Waals surface area contributed by atoms with E-state index < -0.39 is 23.9 Å². The summed E-state index contributed by atoms with van der Waals surface area (Å²) in [6, 6.07) is 12.3. The summed E-state index contributed by atoms with van der Waals surface area (Å²) >= 11 is 0. The van der Waals surface area contributed by atoms with E-state index in [1.165, 1.54) is 20.3 Å². The maximum Gasteiger partial charge on any atom is 0.326 e. The van der Waals surface area contributed by atoms with Crippen LogP contribution in [0.1, 0.15) is 55.7 Å². The van der Waals surface area contributed by atoms with Crippen molar-refractivity contribution in [2.75, 3.05) is 17.7 Å². The number of hydrogen-bond donors (Lipinski definition) is 5. The van der Waals surface area contributed by atoms with Crippen LogP contribution in [0.25, 0.3) is 0 Å². The maximum absolute atomic E-state index is 13.1. The van der Waals surface area contributed by atoms with Crippen LogP contribution in [0.4, 0.5) is 16.2 Å². The van der Waals surface area contributed by atoms with Gasteiger partial charge in [0.25, 0.3) is 0 Å². The Morgan fingerprint density at radius 3 is 2.33 bits per heavy atom. The van der Waals surface area contributed by atoms with Crippen molar-refractivity contribution in [2.45, 2.75) is 59.0 Å². The van der Waals surface area contributed by atoms with Crippen molar-refractivity contribution in [3.8, 4) is 5.75 Å². The minimum Gasteiger partial charge on any atom is -0.495 e. The van der Waals surface area contributed by atoms with Crippen molar-refractivity contribution in [3.05, 3.63) is 77.2 Å². The third-order valence-corrected chi connectivity index (χ3v) is 6.47. The number of furan rings is 1. The van der Waals surface area contributed by atoms with E-state index >= 15 is 0 Å². The molecule has 224 valence electrons. The summed E-state index contributed by atoms with van der Waals surface area (Å²) < 4.78 is 11.1. The number of methoxy groups -OCH3 is 1. The van der Waals surface area contributed by atoms with Crippen molar-refractivity contribution in [2.24, 2.45) is 5.92 Å². The molecular weight excluding hydrogens is 540 g/mol. The van der Waals surface area contributed by atoms with E-state index in [0.29, 0.717) is 40.4 Å². The molecule has 0 bridgehead atoms. The number of carboxylic acids is 1. The number of nitrogens with one attached hydrogen (secondary N) is 4. The molecule has 4 amide bonds. The molecule has 1 aromatic heterocycles. The summed E-state index contributed by atoms with van der Waals surface area (Å²) in [5.74, 6) is -0.816. The van der Waals surface area contributed by atoms with E-state index in [0.717, 1.165) is 5.56 Å². The zero-order valence-electron chi connectivity index (χ0n) is 24.4. The van der Waals surface area contributed by atoms with Crippen molar-refractivity contribution in [1.29, 1.82) is 0 Å². The first-order chi connectivity index (χ1) is 19.9. The zero-order valence-corrected chi connectivity index (χ0v) is 24.4. The van der Waals surface area contributed by atoms with Gasteiger partial charge in [-0.3, -0.25) is 9.59 Å². The number of amides is 4. The lowest BCUT2D eigenvalue weighted by Gasteiger charge is -2.20. The highest BCUT2D eigenvalue weighted by Gasteiger charge is 2.23. The summed E-state index contributed by atoms with van der Waals surface area (Å²) in [7, 11) is 1.49. The minimum absolute atomic E-state index is 0.0274. The van der Waals surface area contributed by atoms with E-state index in [4.69, 9.17) is 9.15 Å². The summed E-state index contributed by atoms with van der Waals surface area (Å²) in [6.45, 7) is 7.21. The number of anilines is 2. The highest BCUT2D eigenvalue weighted by Crippen LogP contribution is 2.28. The van der Waals surface area contributed by atoms with Crippen LogP contribution in [0, 0.1) is 12.8 Å². The second-order valence-corrected chi connectivity index (χ2v) is 10.5. The molecule has 11 heteroatoms. The van der Waals surface area contributed by atoms with Crippen molar-refractivity contribution in [3.63, 3.8) is 0 Å². The maximum atomic E-state index is 13.1. The van der Waals surface area contributed by atoms with Gasteiger partial charge in [-0.1, -0.05) is 38.1 Å². The number of carboxylic acid groups (broad SMARTS) is 1. The normalized spacial score (nSPS) is 12.2. The monoisotopic (exact) mass is 578 g/mol. The molecule has 0 saturated carbocycles. The molecule has 2 unspecified atom stereocenters. The Morgan fingerprint density at radius 2 is 1.69 bits per heavy atom. The SMILES string of the molecule is COc1cc(CC(=O)NC(CC(C)C)c2coc(CC(NC(C)=O)C(=O)O)c2)ccc1NC(=O)Nc1ccccc1C. The number of aliphatic carboxylic acids is 1. The molecule has 0 spiro atoms. The van der Waals surface area contributed by atoms with Crippen LogP contribution >= 0.6 is 0 Å². The van der Waals surface area contributed by atoms with Gasteiger partial charge in [0.2, 0.25) is 11.8 Å². The minimum atomic E-state index is -1.17. The van der Waals surface area contributed by atoms with Crippen molar-refractivity contribution >= 4 is 35.2 Å². The van der Waals surface area contributed by atoms with Gasteiger partial charge in [-0.2, -0.15) is 0 Å². The number of ether oxygens (including phenoxy) is 1. The lowest BCUT2D eigenvalue weighted by molar-refractivity contribution is -0.141. The highest BCUT2D eigenvalue weighted by molar-refractivity contribution is 6.01. The van der Waals surface area contributed by atoms with Crippen LogP contribution in [-0.4, -0.2) is 42.1 Å². The summed E-state index contributed by atoms with van der Waals surface area (Å²) in [4.78, 5) is 48.5. The average molecular weight is 579 g/mol. The quantitative estimate of drug-likeness (QED) is 0.194. The van der Waals surface area contributed by atoms with Crippen LogP contribution in [0.2, 0.25) is 0 Å². The van der Waals surface area contributed by atoms with E-state index in [2.05, 4.69) is 21.3 Å². The van der Waals surface area contributed by atoms with E-state index in [1.807, 2.05) is 45.0 Å². The molecule has 0 saturated heterocycles. The Labute approximate surface area is 245 Å². The van der Waals surface area contributed by atoms with E-state index in [-0.39, 0.29) is 30.7 Å². The predicted molar refractivity (Wildman–Crippen MR) is 159 cm³/mol. The van der Waals surface area contributed by atoms with Crippen LogP contribution in [0.15, 0.2) is 59.2 Å². The molecule has 3 rings (SSSR count). The zero-order chi connectivity index (χ0) is 30.8. The molecular formula is C31H38N4O7. The third kappa shape index (κ3) is 9.39. The number of benzene rings is 2. The first-order valence-electron chi connectivity index (χ1n) is 13.6. The molecule has 2 atom stereocenters. The Morgan fingerprint density at radius 1 is 0.976 bits per heavy atom. The number of hydrogen-bond acceptors (Lipinski definition) is 6. The number of para-hydroxylation sites is 1. The van der Waals surface area contributed by atoms with Crippen LogP contribution in [0.3, 0.4) is 0 Å². The van der Waals surface area contributed by atoms with E-state index in [9.17, 15) is 24.3 Å².